The van der Waals surface area contributed by atoms with Crippen LogP contribution in [0.1, 0.15) is 27.4 Å². The molecule has 0 spiro atoms. The predicted molar refractivity (Wildman–Crippen MR) is 99.0 cm³/mol. The summed E-state index contributed by atoms with van der Waals surface area (Å²) in [6.45, 7) is 3.09. The van der Waals surface area contributed by atoms with Crippen LogP contribution in [0.4, 0.5) is 17.6 Å². The maximum atomic E-state index is 13.2. The number of alkyl halides is 3. The number of carbonyl (C=O) groups is 2. The van der Waals surface area contributed by atoms with Gasteiger partial charge in [-0.3, -0.25) is 14.5 Å². The molecule has 1 aromatic carbocycles. The van der Waals surface area contributed by atoms with E-state index < -0.39 is 23.5 Å². The highest BCUT2D eigenvalue weighted by molar-refractivity contribution is 5.91. The van der Waals surface area contributed by atoms with Crippen molar-refractivity contribution < 1.29 is 31.6 Å². The molecule has 3 rings (SSSR count). The average molecular weight is 427 g/mol. The van der Waals surface area contributed by atoms with Crippen molar-refractivity contribution in [2.75, 3.05) is 32.7 Å². The summed E-state index contributed by atoms with van der Waals surface area (Å²) in [5.41, 5.74) is -1.32. The van der Waals surface area contributed by atoms with Gasteiger partial charge in [0.25, 0.3) is 5.91 Å². The molecular formula is C20H21F4N3O3. The van der Waals surface area contributed by atoms with E-state index in [4.69, 9.17) is 4.42 Å². The van der Waals surface area contributed by atoms with Crippen molar-refractivity contribution >= 4 is 11.8 Å². The Morgan fingerprint density at radius 2 is 1.80 bits per heavy atom. The first kappa shape index (κ1) is 21.8. The lowest BCUT2D eigenvalue weighted by atomic mass is 10.1. The van der Waals surface area contributed by atoms with E-state index >= 15 is 0 Å². The molecule has 1 saturated heterocycles. The summed E-state index contributed by atoms with van der Waals surface area (Å²) in [4.78, 5) is 27.9. The molecule has 2 heterocycles. The Hall–Kier alpha value is -2.88. The van der Waals surface area contributed by atoms with Gasteiger partial charge in [0.2, 0.25) is 5.91 Å². The minimum absolute atomic E-state index is 0.00949. The van der Waals surface area contributed by atoms with E-state index in [1.54, 1.807) is 24.0 Å². The van der Waals surface area contributed by atoms with Crippen LogP contribution in [0.2, 0.25) is 0 Å². The van der Waals surface area contributed by atoms with Crippen molar-refractivity contribution in [2.24, 2.45) is 0 Å². The van der Waals surface area contributed by atoms with Gasteiger partial charge in [-0.05, 0) is 36.8 Å². The Morgan fingerprint density at radius 1 is 1.10 bits per heavy atom. The lowest BCUT2D eigenvalue weighted by molar-refractivity contribution is -0.138. The van der Waals surface area contributed by atoms with Gasteiger partial charge in [-0.25, -0.2) is 4.39 Å². The lowest BCUT2D eigenvalue weighted by Crippen LogP contribution is -2.51. The molecule has 162 valence electrons. The van der Waals surface area contributed by atoms with Gasteiger partial charge < -0.3 is 14.6 Å². The monoisotopic (exact) mass is 427 g/mol. The molecule has 6 nitrogen and oxygen atoms in total. The van der Waals surface area contributed by atoms with Crippen molar-refractivity contribution in [3.05, 3.63) is 58.8 Å². The summed E-state index contributed by atoms with van der Waals surface area (Å²) in [6.07, 6.45) is -4.71. The molecular weight excluding hydrogens is 406 g/mol. The molecule has 2 amide bonds. The topological polar surface area (TPSA) is 65.8 Å². The Kier molecular flexibility index (Phi) is 6.45. The highest BCUT2D eigenvalue weighted by atomic mass is 19.4. The van der Waals surface area contributed by atoms with Crippen molar-refractivity contribution in [1.82, 2.24) is 15.1 Å². The first-order chi connectivity index (χ1) is 14.1. The number of hydrogen-bond acceptors (Lipinski definition) is 4. The van der Waals surface area contributed by atoms with Gasteiger partial charge in [0.05, 0.1) is 12.1 Å². The van der Waals surface area contributed by atoms with Crippen molar-refractivity contribution in [1.29, 1.82) is 0 Å². The van der Waals surface area contributed by atoms with Crippen LogP contribution in [0, 0.1) is 12.7 Å². The first-order valence-corrected chi connectivity index (χ1v) is 9.34. The van der Waals surface area contributed by atoms with Crippen LogP contribution in [0.15, 0.2) is 34.7 Å². The molecule has 1 N–H and O–H groups in total. The molecule has 0 unspecified atom stereocenters. The normalized spacial score (nSPS) is 15.3. The van der Waals surface area contributed by atoms with Gasteiger partial charge in [-0.2, -0.15) is 13.2 Å². The second-order valence-electron chi connectivity index (χ2n) is 7.05. The van der Waals surface area contributed by atoms with E-state index in [1.165, 1.54) is 0 Å². The third-order valence-electron chi connectivity index (χ3n) is 4.83. The number of furan rings is 1. The van der Waals surface area contributed by atoms with Crippen LogP contribution in [-0.2, 0) is 17.5 Å². The van der Waals surface area contributed by atoms with E-state index in [2.05, 4.69) is 5.32 Å². The fraction of sp³-hybridized carbons (Fsp3) is 0.400. The van der Waals surface area contributed by atoms with Crippen LogP contribution in [0.3, 0.4) is 0 Å². The van der Waals surface area contributed by atoms with E-state index in [-0.39, 0.29) is 30.3 Å². The number of aryl methyl sites for hydroxylation is 1. The van der Waals surface area contributed by atoms with Gasteiger partial charge in [0.1, 0.15) is 11.6 Å². The zero-order chi connectivity index (χ0) is 21.9. The zero-order valence-electron chi connectivity index (χ0n) is 16.3. The highest BCUT2D eigenvalue weighted by Gasteiger charge is 2.33. The number of nitrogens with one attached hydrogen (secondary N) is 1. The Balaban J connectivity index is 1.48. The fourth-order valence-corrected chi connectivity index (χ4v) is 3.23. The number of nitrogens with zero attached hydrogens (tertiary/aromatic N) is 2. The smallest absolute Gasteiger partial charge is 0.416 e. The SMILES string of the molecule is Cc1ccc(C(=O)N2CCN(CC(=O)NCc3ccc(F)cc3C(F)(F)F)CC2)o1. The van der Waals surface area contributed by atoms with Crippen LogP contribution in [-0.4, -0.2) is 54.3 Å². The summed E-state index contributed by atoms with van der Waals surface area (Å²) in [5, 5.41) is 2.44. The van der Waals surface area contributed by atoms with Crippen LogP contribution < -0.4 is 5.32 Å². The zero-order valence-corrected chi connectivity index (χ0v) is 16.3. The number of amides is 2. The van der Waals surface area contributed by atoms with E-state index in [0.29, 0.717) is 38.0 Å². The largest absolute Gasteiger partial charge is 0.456 e. The van der Waals surface area contributed by atoms with Crippen LogP contribution in [0.25, 0.3) is 0 Å². The van der Waals surface area contributed by atoms with Crippen molar-refractivity contribution in [3.63, 3.8) is 0 Å². The molecule has 1 fully saturated rings. The molecule has 0 bridgehead atoms. The van der Waals surface area contributed by atoms with E-state index in [1.807, 2.05) is 4.90 Å². The molecule has 30 heavy (non-hydrogen) atoms. The van der Waals surface area contributed by atoms with Gasteiger partial charge in [0, 0.05) is 32.7 Å². The maximum absolute atomic E-state index is 13.2. The molecule has 10 heteroatoms. The molecule has 1 aromatic heterocycles. The average Bonchev–Trinajstić information content (AvgIpc) is 3.12. The standard InChI is InChI=1S/C20H21F4N3O3/c1-13-2-5-17(30-13)19(29)27-8-6-26(7-9-27)12-18(28)25-11-14-3-4-15(21)10-16(14)20(22,23)24/h2-5,10H,6-9,11-12H2,1H3,(H,25,28). The minimum atomic E-state index is -4.71. The summed E-state index contributed by atoms with van der Waals surface area (Å²) in [5.74, 6) is -0.756. The number of halogens is 4. The highest BCUT2D eigenvalue weighted by Crippen LogP contribution is 2.32. The third kappa shape index (κ3) is 5.38. The summed E-state index contributed by atoms with van der Waals surface area (Å²) in [6, 6.07) is 5.67. The Labute approximate surface area is 170 Å². The first-order valence-electron chi connectivity index (χ1n) is 9.34. The molecule has 2 aromatic rings. The molecule has 1 aliphatic heterocycles. The second kappa shape index (κ2) is 8.86. The van der Waals surface area contributed by atoms with Crippen molar-refractivity contribution in [2.45, 2.75) is 19.6 Å². The van der Waals surface area contributed by atoms with Crippen LogP contribution >= 0.6 is 0 Å². The van der Waals surface area contributed by atoms with Crippen molar-refractivity contribution in [3.8, 4) is 0 Å². The van der Waals surface area contributed by atoms with Gasteiger partial charge in [0.15, 0.2) is 5.76 Å². The quantitative estimate of drug-likeness (QED) is 0.746. The van der Waals surface area contributed by atoms with Gasteiger partial charge in [-0.15, -0.1) is 0 Å². The van der Waals surface area contributed by atoms with Gasteiger partial charge >= 0.3 is 6.18 Å². The number of benzene rings is 1. The predicted octanol–water partition coefficient (Wildman–Crippen LogP) is 2.82. The molecule has 0 aliphatic carbocycles. The molecule has 0 radical (unpaired) electrons. The second-order valence-corrected chi connectivity index (χ2v) is 7.05. The summed E-state index contributed by atoms with van der Waals surface area (Å²) in [7, 11) is 0. The third-order valence-corrected chi connectivity index (χ3v) is 4.83. The molecule has 0 saturated carbocycles. The summed E-state index contributed by atoms with van der Waals surface area (Å²) >= 11 is 0. The van der Waals surface area contributed by atoms with Crippen LogP contribution in [0.5, 0.6) is 0 Å². The number of carbonyl (C=O) groups excluding carboxylic acids is 2. The fourth-order valence-electron chi connectivity index (χ4n) is 3.23. The number of piperazine rings is 1. The Bertz CT molecular complexity index is 918. The molecule has 1 aliphatic rings. The van der Waals surface area contributed by atoms with E-state index in [0.717, 1.165) is 12.1 Å². The number of hydrogen-bond donors (Lipinski definition) is 1. The number of rotatable bonds is 5. The maximum Gasteiger partial charge on any atom is 0.416 e. The lowest BCUT2D eigenvalue weighted by Gasteiger charge is -2.33. The Morgan fingerprint density at radius 3 is 2.40 bits per heavy atom. The summed E-state index contributed by atoms with van der Waals surface area (Å²) < 4.78 is 57.6. The molecule has 0 atom stereocenters. The minimum Gasteiger partial charge on any atom is -0.456 e. The van der Waals surface area contributed by atoms with E-state index in [9.17, 15) is 27.2 Å². The van der Waals surface area contributed by atoms with Gasteiger partial charge in [-0.1, -0.05) is 6.07 Å².